The number of carbonyl (C=O) groups excluding carboxylic acids is 2. The number of piperidine rings is 1. The van der Waals surface area contributed by atoms with Crippen LogP contribution in [0.4, 0.5) is 0 Å². The first-order chi connectivity index (χ1) is 15.9. The molecule has 2 aromatic rings. The SMILES string of the molecule is COC(=O)CC1(C(=O)N2CCC(c3cncnc3)CC2)CC(c2cccc(C(=N)N)c2)=NO1. The highest BCUT2D eigenvalue weighted by atomic mass is 16.7. The highest BCUT2D eigenvalue weighted by molar-refractivity contribution is 6.08. The van der Waals surface area contributed by atoms with E-state index in [1.807, 2.05) is 12.4 Å². The number of nitrogens with two attached hydrogens (primary N) is 1. The molecule has 1 amide bonds. The maximum absolute atomic E-state index is 13.6. The number of carbonyl (C=O) groups is 2. The lowest BCUT2D eigenvalue weighted by atomic mass is 9.86. The smallest absolute Gasteiger partial charge is 0.310 e. The number of likely N-dealkylation sites (tertiary alicyclic amines) is 1. The van der Waals surface area contributed by atoms with Crippen LogP contribution in [0.1, 0.15) is 48.3 Å². The van der Waals surface area contributed by atoms with Gasteiger partial charge in [-0.2, -0.15) is 0 Å². The third-order valence-corrected chi connectivity index (χ3v) is 6.17. The number of hydrogen-bond donors (Lipinski definition) is 2. The highest BCUT2D eigenvalue weighted by Gasteiger charge is 2.51. The van der Waals surface area contributed by atoms with Gasteiger partial charge in [-0.25, -0.2) is 9.97 Å². The number of rotatable bonds is 6. The van der Waals surface area contributed by atoms with Crippen LogP contribution in [0.5, 0.6) is 0 Å². The van der Waals surface area contributed by atoms with Gasteiger partial charge < -0.3 is 20.2 Å². The maximum Gasteiger partial charge on any atom is 0.310 e. The number of ether oxygens (including phenoxy) is 1. The van der Waals surface area contributed by atoms with Crippen molar-refractivity contribution in [2.75, 3.05) is 20.2 Å². The van der Waals surface area contributed by atoms with Gasteiger partial charge in [-0.1, -0.05) is 23.4 Å². The largest absolute Gasteiger partial charge is 0.469 e. The van der Waals surface area contributed by atoms with Crippen LogP contribution >= 0.6 is 0 Å². The van der Waals surface area contributed by atoms with E-state index in [1.165, 1.54) is 13.4 Å². The zero-order chi connectivity index (χ0) is 23.4. The lowest BCUT2D eigenvalue weighted by Gasteiger charge is -2.36. The average Bonchev–Trinajstić information content (AvgIpc) is 3.29. The quantitative estimate of drug-likeness (QED) is 0.386. The van der Waals surface area contributed by atoms with Crippen LogP contribution in [0.15, 0.2) is 48.1 Å². The van der Waals surface area contributed by atoms with Crippen molar-refractivity contribution < 1.29 is 19.2 Å². The Labute approximate surface area is 191 Å². The number of esters is 1. The zero-order valence-corrected chi connectivity index (χ0v) is 18.4. The van der Waals surface area contributed by atoms with Gasteiger partial charge in [-0.3, -0.25) is 15.0 Å². The fourth-order valence-corrected chi connectivity index (χ4v) is 4.31. The second-order valence-electron chi connectivity index (χ2n) is 8.29. The summed E-state index contributed by atoms with van der Waals surface area (Å²) in [5.74, 6) is -0.622. The molecule has 0 spiro atoms. The molecule has 0 saturated carbocycles. The molecule has 1 fully saturated rings. The monoisotopic (exact) mass is 450 g/mol. The van der Waals surface area contributed by atoms with Crippen molar-refractivity contribution >= 4 is 23.4 Å². The summed E-state index contributed by atoms with van der Waals surface area (Å²) in [6.07, 6.45) is 6.53. The summed E-state index contributed by atoms with van der Waals surface area (Å²) in [6.45, 7) is 1.06. The molecule has 1 aromatic heterocycles. The van der Waals surface area contributed by atoms with E-state index in [9.17, 15) is 9.59 Å². The molecule has 33 heavy (non-hydrogen) atoms. The Morgan fingerprint density at radius 1 is 1.27 bits per heavy atom. The number of hydrogen-bond acceptors (Lipinski definition) is 8. The zero-order valence-electron chi connectivity index (χ0n) is 18.4. The Balaban J connectivity index is 1.51. The van der Waals surface area contributed by atoms with Crippen molar-refractivity contribution in [3.05, 3.63) is 59.7 Å². The van der Waals surface area contributed by atoms with Crippen molar-refractivity contribution in [2.24, 2.45) is 10.9 Å². The minimum atomic E-state index is -1.46. The number of aromatic nitrogens is 2. The van der Waals surface area contributed by atoms with E-state index in [1.54, 1.807) is 29.2 Å². The van der Waals surface area contributed by atoms with Crippen molar-refractivity contribution in [3.63, 3.8) is 0 Å². The third-order valence-electron chi connectivity index (χ3n) is 6.17. The second-order valence-corrected chi connectivity index (χ2v) is 8.29. The van der Waals surface area contributed by atoms with Gasteiger partial charge in [0.05, 0.1) is 19.2 Å². The number of nitrogen functional groups attached to an aromatic ring is 1. The molecule has 2 aliphatic rings. The number of nitrogens with one attached hydrogen (secondary N) is 1. The van der Waals surface area contributed by atoms with E-state index in [-0.39, 0.29) is 30.5 Å². The number of benzene rings is 1. The minimum Gasteiger partial charge on any atom is -0.469 e. The third kappa shape index (κ3) is 4.69. The fraction of sp³-hybridized carbons (Fsp3) is 0.391. The number of nitrogens with zero attached hydrogens (tertiary/aromatic N) is 4. The number of methoxy groups -OCH3 is 1. The van der Waals surface area contributed by atoms with Gasteiger partial charge in [-0.05, 0) is 30.4 Å². The Hall–Kier alpha value is -3.82. The van der Waals surface area contributed by atoms with Crippen LogP contribution in [-0.2, 0) is 19.2 Å². The molecule has 1 aromatic carbocycles. The molecule has 2 aliphatic heterocycles. The molecule has 4 rings (SSSR count). The lowest BCUT2D eigenvalue weighted by molar-refractivity contribution is -0.165. The first-order valence-electron chi connectivity index (χ1n) is 10.7. The summed E-state index contributed by atoms with van der Waals surface area (Å²) in [4.78, 5) is 41.4. The molecule has 1 unspecified atom stereocenters. The highest BCUT2D eigenvalue weighted by Crippen LogP contribution is 2.35. The van der Waals surface area contributed by atoms with E-state index in [4.69, 9.17) is 20.7 Å². The van der Waals surface area contributed by atoms with Gasteiger partial charge in [0.1, 0.15) is 12.2 Å². The molecule has 3 N–H and O–H groups in total. The van der Waals surface area contributed by atoms with E-state index in [2.05, 4.69) is 15.1 Å². The summed E-state index contributed by atoms with van der Waals surface area (Å²) in [7, 11) is 1.28. The molecule has 1 atom stereocenters. The van der Waals surface area contributed by atoms with Crippen molar-refractivity contribution in [1.29, 1.82) is 5.41 Å². The topological polar surface area (TPSA) is 144 Å². The van der Waals surface area contributed by atoms with Crippen LogP contribution in [0.3, 0.4) is 0 Å². The Morgan fingerprint density at radius 3 is 2.67 bits per heavy atom. The summed E-state index contributed by atoms with van der Waals surface area (Å²) >= 11 is 0. The summed E-state index contributed by atoms with van der Waals surface area (Å²) in [5, 5.41) is 11.8. The summed E-state index contributed by atoms with van der Waals surface area (Å²) in [6, 6.07) is 7.00. The molecule has 0 radical (unpaired) electrons. The first kappa shape index (κ1) is 22.4. The number of amides is 1. The minimum absolute atomic E-state index is 0.0695. The Morgan fingerprint density at radius 2 is 2.00 bits per heavy atom. The van der Waals surface area contributed by atoms with Crippen molar-refractivity contribution in [1.82, 2.24) is 14.9 Å². The lowest BCUT2D eigenvalue weighted by Crippen LogP contribution is -2.52. The van der Waals surface area contributed by atoms with E-state index >= 15 is 0 Å². The summed E-state index contributed by atoms with van der Waals surface area (Å²) in [5.41, 5.74) is 6.94. The number of amidine groups is 1. The van der Waals surface area contributed by atoms with Crippen LogP contribution in [0, 0.1) is 5.41 Å². The maximum atomic E-state index is 13.6. The van der Waals surface area contributed by atoms with E-state index in [0.29, 0.717) is 29.9 Å². The van der Waals surface area contributed by atoms with Gasteiger partial charge in [0.15, 0.2) is 0 Å². The summed E-state index contributed by atoms with van der Waals surface area (Å²) < 4.78 is 4.84. The van der Waals surface area contributed by atoms with Crippen LogP contribution in [0.25, 0.3) is 0 Å². The molecule has 0 aliphatic carbocycles. The van der Waals surface area contributed by atoms with Gasteiger partial charge in [0, 0.05) is 43.0 Å². The normalized spacial score (nSPS) is 20.6. The predicted octanol–water partition coefficient (Wildman–Crippen LogP) is 1.59. The van der Waals surface area contributed by atoms with Gasteiger partial charge in [0.25, 0.3) is 5.91 Å². The average molecular weight is 450 g/mol. The standard InChI is InChI=1S/C23H26N6O4/c1-32-20(30)11-23(10-19(28-33-23)16-3-2-4-17(9-16)21(24)25)22(31)29-7-5-15(6-8-29)18-12-26-14-27-13-18/h2-4,9,12-15H,5-8,10-11H2,1H3,(H3,24,25). The molecule has 3 heterocycles. The Bertz CT molecular complexity index is 1080. The molecule has 0 bridgehead atoms. The van der Waals surface area contributed by atoms with Crippen LogP contribution < -0.4 is 5.73 Å². The molecule has 10 nitrogen and oxygen atoms in total. The molecule has 10 heteroatoms. The van der Waals surface area contributed by atoms with Crippen molar-refractivity contribution in [2.45, 2.75) is 37.2 Å². The van der Waals surface area contributed by atoms with Crippen molar-refractivity contribution in [3.8, 4) is 0 Å². The van der Waals surface area contributed by atoms with E-state index < -0.39 is 11.6 Å². The van der Waals surface area contributed by atoms with Crippen LogP contribution in [-0.4, -0.2) is 64.1 Å². The van der Waals surface area contributed by atoms with Crippen LogP contribution in [0.2, 0.25) is 0 Å². The second kappa shape index (κ2) is 9.35. The fourth-order valence-electron chi connectivity index (χ4n) is 4.31. The van der Waals surface area contributed by atoms with Gasteiger partial charge in [0.2, 0.25) is 5.60 Å². The van der Waals surface area contributed by atoms with Gasteiger partial charge >= 0.3 is 5.97 Å². The number of oxime groups is 1. The van der Waals surface area contributed by atoms with Gasteiger partial charge in [-0.15, -0.1) is 0 Å². The predicted molar refractivity (Wildman–Crippen MR) is 120 cm³/mol. The Kier molecular flexibility index (Phi) is 6.34. The molecule has 172 valence electrons. The van der Waals surface area contributed by atoms with E-state index in [0.717, 1.165) is 18.4 Å². The molecular weight excluding hydrogens is 424 g/mol. The molecule has 1 saturated heterocycles. The first-order valence-corrected chi connectivity index (χ1v) is 10.7. The molecular formula is C23H26N6O4.